The van der Waals surface area contributed by atoms with Crippen LogP contribution in [0.2, 0.25) is 0 Å². The third-order valence-corrected chi connectivity index (χ3v) is 4.30. The molecule has 3 aromatic rings. The normalized spacial score (nSPS) is 15.5. The van der Waals surface area contributed by atoms with Gasteiger partial charge >= 0.3 is 0 Å². The lowest BCUT2D eigenvalue weighted by Gasteiger charge is -2.21. The smallest absolute Gasteiger partial charge is 0.223 e. The van der Waals surface area contributed by atoms with Gasteiger partial charge in [-0.3, -0.25) is 0 Å². The highest BCUT2D eigenvalue weighted by molar-refractivity contribution is 5.75. The van der Waals surface area contributed by atoms with Crippen molar-refractivity contribution in [3.05, 3.63) is 54.4 Å². The Morgan fingerprint density at radius 1 is 1.13 bits per heavy atom. The van der Waals surface area contributed by atoms with Crippen LogP contribution < -0.4 is 10.1 Å². The van der Waals surface area contributed by atoms with Gasteiger partial charge in [-0.05, 0) is 54.3 Å². The van der Waals surface area contributed by atoms with Gasteiger partial charge in [0.05, 0.1) is 5.69 Å². The fourth-order valence-corrected chi connectivity index (χ4v) is 2.95. The molecule has 0 saturated heterocycles. The second-order valence-corrected chi connectivity index (χ2v) is 6.05. The number of benzene rings is 1. The van der Waals surface area contributed by atoms with Gasteiger partial charge in [0.1, 0.15) is 12.4 Å². The lowest BCUT2D eigenvalue weighted by Crippen LogP contribution is -2.10. The molecule has 0 unspecified atom stereocenters. The van der Waals surface area contributed by atoms with Gasteiger partial charge in [0.15, 0.2) is 0 Å². The van der Waals surface area contributed by atoms with E-state index in [0.29, 0.717) is 12.6 Å². The number of nitrogens with zero attached hydrogens (tertiary/aromatic N) is 3. The van der Waals surface area contributed by atoms with Gasteiger partial charge in [-0.1, -0.05) is 6.07 Å². The summed E-state index contributed by atoms with van der Waals surface area (Å²) in [6.45, 7) is 0.539. The fourth-order valence-electron chi connectivity index (χ4n) is 2.95. The van der Waals surface area contributed by atoms with Crippen LogP contribution in [0.15, 0.2) is 48.8 Å². The molecule has 2 aromatic heterocycles. The Bertz CT molecular complexity index is 869. The average Bonchev–Trinajstić information content (AvgIpc) is 3.23. The fraction of sp³-hybridized carbons (Fsp3) is 0.222. The molecule has 1 aliphatic carbocycles. The minimum Gasteiger partial charge on any atom is -0.472 e. The molecule has 5 rings (SSSR count). The second kappa shape index (κ2) is 4.84. The number of hydrogen-bond donors (Lipinski definition) is 1. The van der Waals surface area contributed by atoms with Crippen LogP contribution >= 0.6 is 0 Å². The standard InChI is InChI=1S/C18H16N4O/c1-8-19-22(9-1)14-4-5-15-12(10-14)11-23-18-16(15)6-7-17(21-18)20-13-2-3-13/h1,4-10,13H,2-3,11H2,(H,20,21). The van der Waals surface area contributed by atoms with E-state index >= 15 is 0 Å². The van der Waals surface area contributed by atoms with Crippen LogP contribution in [0.4, 0.5) is 5.82 Å². The maximum Gasteiger partial charge on any atom is 0.223 e. The molecule has 0 spiro atoms. The highest BCUT2D eigenvalue weighted by Crippen LogP contribution is 2.38. The summed E-state index contributed by atoms with van der Waals surface area (Å²) in [6, 6.07) is 13.0. The summed E-state index contributed by atoms with van der Waals surface area (Å²) >= 11 is 0. The van der Waals surface area contributed by atoms with Crippen molar-refractivity contribution in [3.8, 4) is 22.7 Å². The number of fused-ring (bicyclic) bond motifs is 3. The van der Waals surface area contributed by atoms with Crippen LogP contribution in [-0.2, 0) is 6.61 Å². The highest BCUT2D eigenvalue weighted by atomic mass is 16.5. The second-order valence-electron chi connectivity index (χ2n) is 6.05. The Balaban J connectivity index is 1.53. The van der Waals surface area contributed by atoms with Crippen molar-refractivity contribution in [2.24, 2.45) is 0 Å². The number of aromatic nitrogens is 3. The maximum atomic E-state index is 5.88. The molecule has 2 aliphatic rings. The van der Waals surface area contributed by atoms with Crippen LogP contribution in [0.5, 0.6) is 5.88 Å². The molecule has 114 valence electrons. The van der Waals surface area contributed by atoms with E-state index in [2.05, 4.69) is 39.7 Å². The summed E-state index contributed by atoms with van der Waals surface area (Å²) < 4.78 is 7.74. The van der Waals surface area contributed by atoms with Crippen molar-refractivity contribution in [1.82, 2.24) is 14.8 Å². The molecular formula is C18H16N4O. The summed E-state index contributed by atoms with van der Waals surface area (Å²) in [5, 5.41) is 7.69. The zero-order valence-electron chi connectivity index (χ0n) is 12.6. The molecule has 1 saturated carbocycles. The van der Waals surface area contributed by atoms with E-state index in [1.165, 1.54) is 18.4 Å². The lowest BCUT2D eigenvalue weighted by molar-refractivity contribution is 0.290. The van der Waals surface area contributed by atoms with E-state index in [-0.39, 0.29) is 0 Å². The molecule has 0 radical (unpaired) electrons. The largest absolute Gasteiger partial charge is 0.472 e. The van der Waals surface area contributed by atoms with Crippen LogP contribution in [0.1, 0.15) is 18.4 Å². The number of rotatable bonds is 3. The number of hydrogen-bond acceptors (Lipinski definition) is 4. The third kappa shape index (κ3) is 2.25. The Kier molecular flexibility index (Phi) is 2.67. The third-order valence-electron chi connectivity index (χ3n) is 4.30. The van der Waals surface area contributed by atoms with Crippen LogP contribution in [-0.4, -0.2) is 20.8 Å². The molecule has 0 atom stereocenters. The van der Waals surface area contributed by atoms with Crippen LogP contribution in [0, 0.1) is 0 Å². The van der Waals surface area contributed by atoms with E-state index in [1.54, 1.807) is 6.20 Å². The predicted molar refractivity (Wildman–Crippen MR) is 87.8 cm³/mol. The van der Waals surface area contributed by atoms with Gasteiger partial charge in [-0.25, -0.2) is 4.68 Å². The van der Waals surface area contributed by atoms with Crippen molar-refractivity contribution < 1.29 is 4.74 Å². The van der Waals surface area contributed by atoms with E-state index < -0.39 is 0 Å². The number of ether oxygens (including phenoxy) is 1. The molecular weight excluding hydrogens is 288 g/mol. The molecule has 3 heterocycles. The van der Waals surface area contributed by atoms with Crippen molar-refractivity contribution in [3.63, 3.8) is 0 Å². The summed E-state index contributed by atoms with van der Waals surface area (Å²) in [5.74, 6) is 1.62. The zero-order chi connectivity index (χ0) is 15.2. The average molecular weight is 304 g/mol. The molecule has 23 heavy (non-hydrogen) atoms. The van der Waals surface area contributed by atoms with E-state index in [9.17, 15) is 0 Å². The summed E-state index contributed by atoms with van der Waals surface area (Å²) in [6.07, 6.45) is 6.19. The predicted octanol–water partition coefficient (Wildman–Crippen LogP) is 3.40. The molecule has 1 N–H and O–H groups in total. The Hall–Kier alpha value is -2.82. The van der Waals surface area contributed by atoms with Gasteiger partial charge in [0.2, 0.25) is 5.88 Å². The topological polar surface area (TPSA) is 52.0 Å². The maximum absolute atomic E-state index is 5.88. The Morgan fingerprint density at radius 2 is 2.04 bits per heavy atom. The molecule has 1 aliphatic heterocycles. The molecule has 1 fully saturated rings. The number of nitrogens with one attached hydrogen (secondary N) is 1. The van der Waals surface area contributed by atoms with Crippen molar-refractivity contribution >= 4 is 5.82 Å². The molecule has 0 amide bonds. The van der Waals surface area contributed by atoms with E-state index in [1.807, 2.05) is 23.0 Å². The van der Waals surface area contributed by atoms with E-state index in [0.717, 1.165) is 28.5 Å². The van der Waals surface area contributed by atoms with Crippen molar-refractivity contribution in [1.29, 1.82) is 0 Å². The quantitative estimate of drug-likeness (QED) is 0.806. The minimum absolute atomic E-state index is 0.539. The van der Waals surface area contributed by atoms with Gasteiger partial charge < -0.3 is 10.1 Å². The molecule has 1 aromatic carbocycles. The lowest BCUT2D eigenvalue weighted by atomic mass is 9.98. The molecule has 5 nitrogen and oxygen atoms in total. The first-order valence-corrected chi connectivity index (χ1v) is 7.90. The van der Waals surface area contributed by atoms with Gasteiger partial charge in [-0.15, -0.1) is 0 Å². The Labute approximate surface area is 133 Å². The van der Waals surface area contributed by atoms with Gasteiger partial charge in [-0.2, -0.15) is 10.1 Å². The molecule has 0 bridgehead atoms. The number of pyridine rings is 1. The summed E-state index contributed by atoms with van der Waals surface area (Å²) in [5.41, 5.74) is 4.45. The van der Waals surface area contributed by atoms with Gasteiger partial charge in [0, 0.05) is 24.0 Å². The van der Waals surface area contributed by atoms with Crippen molar-refractivity contribution in [2.45, 2.75) is 25.5 Å². The summed E-state index contributed by atoms with van der Waals surface area (Å²) in [7, 11) is 0. The monoisotopic (exact) mass is 304 g/mol. The van der Waals surface area contributed by atoms with Crippen LogP contribution in [0.25, 0.3) is 16.8 Å². The minimum atomic E-state index is 0.539. The van der Waals surface area contributed by atoms with Crippen LogP contribution in [0.3, 0.4) is 0 Å². The first-order chi connectivity index (χ1) is 11.4. The van der Waals surface area contributed by atoms with Crippen molar-refractivity contribution in [2.75, 3.05) is 5.32 Å². The Morgan fingerprint density at radius 3 is 2.87 bits per heavy atom. The SMILES string of the molecule is c1cnn(-c2ccc3c(c2)COc2nc(NC4CC4)ccc2-3)c1. The first-order valence-electron chi connectivity index (χ1n) is 7.90. The molecule has 5 heteroatoms. The number of anilines is 1. The zero-order valence-corrected chi connectivity index (χ0v) is 12.6. The highest BCUT2D eigenvalue weighted by Gasteiger charge is 2.23. The van der Waals surface area contributed by atoms with Gasteiger partial charge in [0.25, 0.3) is 0 Å². The summed E-state index contributed by atoms with van der Waals surface area (Å²) in [4.78, 5) is 4.61. The van der Waals surface area contributed by atoms with E-state index in [4.69, 9.17) is 4.74 Å². The first kappa shape index (κ1) is 12.7.